The van der Waals surface area contributed by atoms with Crippen LogP contribution in [0.15, 0.2) is 42.5 Å². The molecule has 128 valence electrons. The van der Waals surface area contributed by atoms with Gasteiger partial charge in [0.05, 0.1) is 17.5 Å². The van der Waals surface area contributed by atoms with Gasteiger partial charge in [0.15, 0.2) is 0 Å². The van der Waals surface area contributed by atoms with Crippen molar-refractivity contribution < 1.29 is 18.5 Å². The third-order valence-corrected chi connectivity index (χ3v) is 3.25. The van der Waals surface area contributed by atoms with Crippen molar-refractivity contribution in [2.75, 3.05) is 11.9 Å². The van der Waals surface area contributed by atoms with E-state index in [1.807, 2.05) is 0 Å². The van der Waals surface area contributed by atoms with E-state index >= 15 is 0 Å². The van der Waals surface area contributed by atoms with Gasteiger partial charge in [-0.2, -0.15) is 5.26 Å². The molecule has 0 heterocycles. The Morgan fingerprint density at radius 3 is 2.64 bits per heavy atom. The minimum atomic E-state index is -1.32. The van der Waals surface area contributed by atoms with E-state index in [-0.39, 0.29) is 23.5 Å². The van der Waals surface area contributed by atoms with Crippen LogP contribution in [0.2, 0.25) is 0 Å². The quantitative estimate of drug-likeness (QED) is 0.617. The van der Waals surface area contributed by atoms with Crippen LogP contribution in [0.4, 0.5) is 20.2 Å². The molecule has 0 bridgehead atoms. The van der Waals surface area contributed by atoms with Gasteiger partial charge in [-0.15, -0.1) is 0 Å². The van der Waals surface area contributed by atoms with Crippen LogP contribution in [0.5, 0.6) is 0 Å². The molecule has 2 aromatic rings. The van der Waals surface area contributed by atoms with E-state index in [0.717, 1.165) is 12.1 Å². The second-order valence-electron chi connectivity index (χ2n) is 4.92. The van der Waals surface area contributed by atoms with Crippen molar-refractivity contribution in [2.24, 2.45) is 0 Å². The van der Waals surface area contributed by atoms with Crippen molar-refractivity contribution in [1.82, 2.24) is 5.32 Å². The second-order valence-corrected chi connectivity index (χ2v) is 4.92. The zero-order valence-corrected chi connectivity index (χ0v) is 12.7. The van der Waals surface area contributed by atoms with Crippen molar-refractivity contribution in [1.29, 1.82) is 5.26 Å². The molecule has 1 amide bonds. The number of nitrogens with one attached hydrogen (secondary N) is 2. The molecule has 2 aromatic carbocycles. The molecule has 0 saturated carbocycles. The van der Waals surface area contributed by atoms with Gasteiger partial charge in [-0.25, -0.2) is 8.78 Å². The number of rotatable bonds is 6. The largest absolute Gasteiger partial charge is 0.371 e. The third kappa shape index (κ3) is 4.48. The van der Waals surface area contributed by atoms with E-state index in [9.17, 15) is 23.7 Å². The number of nitro groups is 1. The highest BCUT2D eigenvalue weighted by Crippen LogP contribution is 2.23. The molecule has 0 spiro atoms. The van der Waals surface area contributed by atoms with E-state index < -0.39 is 28.5 Å². The molecule has 0 aliphatic carbocycles. The van der Waals surface area contributed by atoms with Crippen molar-refractivity contribution >= 4 is 17.3 Å². The molecule has 0 fully saturated rings. The maximum Gasteiger partial charge on any atom is 0.292 e. The maximum absolute atomic E-state index is 13.7. The Morgan fingerprint density at radius 1 is 1.28 bits per heavy atom. The molecule has 0 saturated heterocycles. The van der Waals surface area contributed by atoms with Gasteiger partial charge in [-0.3, -0.25) is 14.9 Å². The van der Waals surface area contributed by atoms with Crippen molar-refractivity contribution in [3.8, 4) is 6.07 Å². The van der Waals surface area contributed by atoms with Crippen LogP contribution in [0.25, 0.3) is 0 Å². The first-order chi connectivity index (χ1) is 11.9. The van der Waals surface area contributed by atoms with Crippen LogP contribution >= 0.6 is 0 Å². The average molecular weight is 346 g/mol. The topological polar surface area (TPSA) is 108 Å². The van der Waals surface area contributed by atoms with E-state index in [4.69, 9.17) is 5.26 Å². The molecule has 0 radical (unpaired) electrons. The number of hydrogen-bond donors (Lipinski definition) is 2. The van der Waals surface area contributed by atoms with Crippen molar-refractivity contribution in [2.45, 2.75) is 6.04 Å². The number of benzene rings is 2. The Labute approximate surface area is 141 Å². The molecule has 2 N–H and O–H groups in total. The fourth-order valence-electron chi connectivity index (χ4n) is 2.09. The summed E-state index contributed by atoms with van der Waals surface area (Å²) in [4.78, 5) is 22.2. The lowest BCUT2D eigenvalue weighted by atomic mass is 10.1. The molecular weight excluding hydrogens is 334 g/mol. The first-order valence-corrected chi connectivity index (χ1v) is 7.03. The summed E-state index contributed by atoms with van der Waals surface area (Å²) in [7, 11) is 0. The highest BCUT2D eigenvalue weighted by Gasteiger charge is 2.19. The summed E-state index contributed by atoms with van der Waals surface area (Å²) in [5.74, 6) is -2.45. The number of halogens is 2. The molecule has 9 heteroatoms. The van der Waals surface area contributed by atoms with Gasteiger partial charge in [0.1, 0.15) is 23.4 Å². The summed E-state index contributed by atoms with van der Waals surface area (Å²) in [5, 5.41) is 24.8. The van der Waals surface area contributed by atoms with E-state index in [1.54, 1.807) is 12.1 Å². The van der Waals surface area contributed by atoms with Crippen molar-refractivity contribution in [3.63, 3.8) is 0 Å². The number of anilines is 1. The summed E-state index contributed by atoms with van der Waals surface area (Å²) in [6.45, 7) is -0.369. The number of nitrogens with zero attached hydrogens (tertiary/aromatic N) is 2. The van der Waals surface area contributed by atoms with E-state index in [2.05, 4.69) is 10.6 Å². The van der Waals surface area contributed by atoms with Gasteiger partial charge in [0.25, 0.3) is 5.69 Å². The highest BCUT2D eigenvalue weighted by atomic mass is 19.1. The fourth-order valence-corrected chi connectivity index (χ4v) is 2.09. The number of para-hydroxylation sites is 2. The first-order valence-electron chi connectivity index (χ1n) is 7.03. The van der Waals surface area contributed by atoms with Crippen LogP contribution in [-0.2, 0) is 4.79 Å². The highest BCUT2D eigenvalue weighted by molar-refractivity contribution is 5.82. The summed E-state index contributed by atoms with van der Waals surface area (Å²) >= 11 is 0. The Hall–Kier alpha value is -3.54. The summed E-state index contributed by atoms with van der Waals surface area (Å²) in [6, 6.07) is 8.76. The van der Waals surface area contributed by atoms with Crippen LogP contribution in [0.1, 0.15) is 11.6 Å². The predicted octanol–water partition coefficient (Wildman–Crippen LogP) is 2.67. The molecule has 2 rings (SSSR count). The molecule has 0 aliphatic rings. The lowest BCUT2D eigenvalue weighted by Gasteiger charge is -2.13. The summed E-state index contributed by atoms with van der Waals surface area (Å²) < 4.78 is 26.6. The predicted molar refractivity (Wildman–Crippen MR) is 84.4 cm³/mol. The number of nitro benzene ring substituents is 1. The molecule has 0 aliphatic heterocycles. The standard InChI is InChI=1S/C16H12F2N4O3/c17-10-5-6-11(12(18)7-10)14(8-19)21-16(23)9-20-13-3-1-2-4-15(13)22(24)25/h1-7,14,20H,9H2,(H,21,23). The fraction of sp³-hybridized carbons (Fsp3) is 0.125. The lowest BCUT2D eigenvalue weighted by Crippen LogP contribution is -2.33. The van der Waals surface area contributed by atoms with E-state index in [1.165, 1.54) is 18.2 Å². The third-order valence-electron chi connectivity index (χ3n) is 3.25. The zero-order chi connectivity index (χ0) is 18.4. The van der Waals surface area contributed by atoms with Crippen LogP contribution < -0.4 is 10.6 Å². The summed E-state index contributed by atoms with van der Waals surface area (Å²) in [5.41, 5.74) is -0.260. The van der Waals surface area contributed by atoms with Gasteiger partial charge >= 0.3 is 0 Å². The van der Waals surface area contributed by atoms with Gasteiger partial charge in [0, 0.05) is 17.7 Å². The van der Waals surface area contributed by atoms with E-state index in [0.29, 0.717) is 6.07 Å². The Bertz CT molecular complexity index is 852. The average Bonchev–Trinajstić information content (AvgIpc) is 2.58. The lowest BCUT2D eigenvalue weighted by molar-refractivity contribution is -0.383. The minimum Gasteiger partial charge on any atom is -0.371 e. The monoisotopic (exact) mass is 346 g/mol. The molecule has 1 atom stereocenters. The number of nitriles is 1. The van der Waals surface area contributed by atoms with Crippen LogP contribution in [0.3, 0.4) is 0 Å². The smallest absolute Gasteiger partial charge is 0.292 e. The molecular formula is C16H12F2N4O3. The molecule has 0 aromatic heterocycles. The van der Waals surface area contributed by atoms with Crippen LogP contribution in [-0.4, -0.2) is 17.4 Å². The number of hydrogen-bond acceptors (Lipinski definition) is 5. The Balaban J connectivity index is 2.04. The van der Waals surface area contributed by atoms with Crippen molar-refractivity contribution in [3.05, 3.63) is 69.8 Å². The maximum atomic E-state index is 13.7. The Morgan fingerprint density at radius 2 is 2.00 bits per heavy atom. The second kappa shape index (κ2) is 7.83. The first kappa shape index (κ1) is 17.8. The molecule has 1 unspecified atom stereocenters. The summed E-state index contributed by atoms with van der Waals surface area (Å²) in [6.07, 6.45) is 0. The SMILES string of the molecule is N#CC(NC(=O)CNc1ccccc1[N+](=O)[O-])c1ccc(F)cc1F. The van der Waals surface area contributed by atoms with Gasteiger partial charge in [-0.1, -0.05) is 18.2 Å². The zero-order valence-electron chi connectivity index (χ0n) is 12.7. The minimum absolute atomic E-state index is 0.129. The van der Waals surface area contributed by atoms with Crippen LogP contribution in [0, 0.1) is 33.1 Å². The van der Waals surface area contributed by atoms with Gasteiger partial charge < -0.3 is 10.6 Å². The normalized spacial score (nSPS) is 11.2. The Kier molecular flexibility index (Phi) is 5.58. The molecule has 25 heavy (non-hydrogen) atoms. The van der Waals surface area contributed by atoms with Gasteiger partial charge in [-0.05, 0) is 12.1 Å². The van der Waals surface area contributed by atoms with Gasteiger partial charge in [0.2, 0.25) is 5.91 Å². The number of carbonyl (C=O) groups excluding carboxylic acids is 1. The number of carbonyl (C=O) groups is 1. The number of amides is 1. The molecule has 7 nitrogen and oxygen atoms in total.